The van der Waals surface area contributed by atoms with Crippen LogP contribution < -0.4 is 11.1 Å². The number of carbonyl (C=O) groups excluding carboxylic acids is 1. The van der Waals surface area contributed by atoms with E-state index in [1.54, 1.807) is 6.07 Å². The normalized spacial score (nSPS) is 10.5. The molecule has 0 saturated heterocycles. The van der Waals surface area contributed by atoms with Crippen molar-refractivity contribution in [3.05, 3.63) is 61.5 Å². The van der Waals surface area contributed by atoms with Gasteiger partial charge in [0.15, 0.2) is 0 Å². The van der Waals surface area contributed by atoms with Gasteiger partial charge in [0.25, 0.3) is 0 Å². The summed E-state index contributed by atoms with van der Waals surface area (Å²) < 4.78 is 2.03. The fraction of sp³-hybridized carbons (Fsp3) is 0.188. The van der Waals surface area contributed by atoms with Gasteiger partial charge in [0.2, 0.25) is 5.91 Å². The lowest BCUT2D eigenvalue weighted by atomic mass is 10.0. The molecule has 0 unspecified atom stereocenters. The van der Waals surface area contributed by atoms with E-state index in [9.17, 15) is 4.79 Å². The first-order valence-corrected chi connectivity index (χ1v) is 8.06. The fourth-order valence-corrected chi connectivity index (χ4v) is 3.80. The predicted octanol–water partition coefficient (Wildman–Crippen LogP) is 4.54. The second kappa shape index (κ2) is 6.62. The third-order valence-electron chi connectivity index (χ3n) is 3.27. The summed E-state index contributed by atoms with van der Waals surface area (Å²) in [5.41, 5.74) is 10.2. The number of hydrogen-bond acceptors (Lipinski definition) is 2. The van der Waals surface area contributed by atoms with Gasteiger partial charge in [-0.1, -0.05) is 6.07 Å². The van der Waals surface area contributed by atoms with Crippen LogP contribution in [-0.2, 0) is 6.54 Å². The molecule has 110 valence electrons. The Morgan fingerprint density at radius 2 is 1.76 bits per heavy atom. The SMILES string of the molecule is Cc1cc(Br)c(NCc2ccc(C(N)=O)cc2C)c(Br)c1. The first kappa shape index (κ1) is 16.0. The van der Waals surface area contributed by atoms with E-state index in [0.717, 1.165) is 25.8 Å². The van der Waals surface area contributed by atoms with Crippen LogP contribution in [0.25, 0.3) is 0 Å². The number of amides is 1. The molecule has 0 aliphatic rings. The van der Waals surface area contributed by atoms with Crippen LogP contribution in [0.4, 0.5) is 5.69 Å². The molecule has 0 aromatic heterocycles. The van der Waals surface area contributed by atoms with Crippen molar-refractivity contribution >= 4 is 43.5 Å². The standard InChI is InChI=1S/C16H16Br2N2O/c1-9-5-13(17)15(14(18)6-9)20-8-12-4-3-11(16(19)21)7-10(12)2/h3-7,20H,8H2,1-2H3,(H2,19,21). The summed E-state index contributed by atoms with van der Waals surface area (Å²) in [6.45, 7) is 4.69. The van der Waals surface area contributed by atoms with Gasteiger partial charge in [0.1, 0.15) is 0 Å². The molecular formula is C16H16Br2N2O. The van der Waals surface area contributed by atoms with Crippen molar-refractivity contribution in [2.75, 3.05) is 5.32 Å². The summed E-state index contributed by atoms with van der Waals surface area (Å²) in [7, 11) is 0. The Hall–Kier alpha value is -1.33. The number of rotatable bonds is 4. The van der Waals surface area contributed by atoms with Crippen LogP contribution in [0.2, 0.25) is 0 Å². The van der Waals surface area contributed by atoms with E-state index >= 15 is 0 Å². The molecule has 0 saturated carbocycles. The molecule has 0 radical (unpaired) electrons. The highest BCUT2D eigenvalue weighted by Crippen LogP contribution is 2.32. The van der Waals surface area contributed by atoms with Gasteiger partial charge < -0.3 is 11.1 Å². The minimum Gasteiger partial charge on any atom is -0.379 e. The number of aryl methyl sites for hydroxylation is 2. The lowest BCUT2D eigenvalue weighted by Crippen LogP contribution is -2.12. The number of hydrogen-bond donors (Lipinski definition) is 2. The van der Waals surface area contributed by atoms with Gasteiger partial charge in [-0.15, -0.1) is 0 Å². The molecule has 0 bridgehead atoms. The summed E-state index contributed by atoms with van der Waals surface area (Å²) in [6, 6.07) is 9.63. The van der Waals surface area contributed by atoms with E-state index in [-0.39, 0.29) is 0 Å². The highest BCUT2D eigenvalue weighted by atomic mass is 79.9. The number of nitrogens with one attached hydrogen (secondary N) is 1. The molecule has 0 aliphatic carbocycles. The van der Waals surface area contributed by atoms with Crippen LogP contribution in [0, 0.1) is 13.8 Å². The summed E-state index contributed by atoms with van der Waals surface area (Å²) in [4.78, 5) is 11.2. The Morgan fingerprint density at radius 3 is 2.29 bits per heavy atom. The van der Waals surface area contributed by atoms with Gasteiger partial charge in [-0.05, 0) is 86.7 Å². The minimum absolute atomic E-state index is 0.401. The van der Waals surface area contributed by atoms with Crippen LogP contribution in [0.5, 0.6) is 0 Å². The zero-order valence-electron chi connectivity index (χ0n) is 11.8. The zero-order valence-corrected chi connectivity index (χ0v) is 15.0. The number of benzene rings is 2. The third-order valence-corrected chi connectivity index (χ3v) is 4.52. The first-order chi connectivity index (χ1) is 9.88. The number of primary amides is 1. The highest BCUT2D eigenvalue weighted by Gasteiger charge is 2.08. The van der Waals surface area contributed by atoms with Crippen LogP contribution in [0.1, 0.15) is 27.0 Å². The van der Waals surface area contributed by atoms with Crippen molar-refractivity contribution in [3.63, 3.8) is 0 Å². The Bertz CT molecular complexity index is 676. The van der Waals surface area contributed by atoms with E-state index in [0.29, 0.717) is 12.1 Å². The molecule has 0 aliphatic heterocycles. The van der Waals surface area contributed by atoms with Crippen molar-refractivity contribution < 1.29 is 4.79 Å². The summed E-state index contributed by atoms with van der Waals surface area (Å²) in [5, 5.41) is 3.40. The van der Waals surface area contributed by atoms with E-state index in [1.807, 2.05) is 26.0 Å². The predicted molar refractivity (Wildman–Crippen MR) is 93.6 cm³/mol. The largest absolute Gasteiger partial charge is 0.379 e. The van der Waals surface area contributed by atoms with Gasteiger partial charge in [0, 0.05) is 21.1 Å². The molecule has 2 aromatic carbocycles. The molecular weight excluding hydrogens is 396 g/mol. The molecule has 0 atom stereocenters. The minimum atomic E-state index is -0.401. The van der Waals surface area contributed by atoms with Gasteiger partial charge in [-0.3, -0.25) is 4.79 Å². The van der Waals surface area contributed by atoms with E-state index in [4.69, 9.17) is 5.73 Å². The van der Waals surface area contributed by atoms with Crippen molar-refractivity contribution in [1.82, 2.24) is 0 Å². The smallest absolute Gasteiger partial charge is 0.248 e. The van der Waals surface area contributed by atoms with E-state index < -0.39 is 5.91 Å². The van der Waals surface area contributed by atoms with Crippen LogP contribution >= 0.6 is 31.9 Å². The van der Waals surface area contributed by atoms with Crippen molar-refractivity contribution in [3.8, 4) is 0 Å². The van der Waals surface area contributed by atoms with Gasteiger partial charge in [-0.2, -0.15) is 0 Å². The maximum Gasteiger partial charge on any atom is 0.248 e. The molecule has 2 aromatic rings. The lowest BCUT2D eigenvalue weighted by molar-refractivity contribution is 0.1000. The fourth-order valence-electron chi connectivity index (χ4n) is 2.10. The van der Waals surface area contributed by atoms with Crippen LogP contribution in [0.15, 0.2) is 39.3 Å². The Kier molecular flexibility index (Phi) is 5.06. The molecule has 0 spiro atoms. The topological polar surface area (TPSA) is 55.1 Å². The Labute approximate surface area is 141 Å². The summed E-state index contributed by atoms with van der Waals surface area (Å²) >= 11 is 7.13. The monoisotopic (exact) mass is 410 g/mol. The molecule has 0 fully saturated rings. The number of halogens is 2. The Morgan fingerprint density at radius 1 is 1.14 bits per heavy atom. The quantitative estimate of drug-likeness (QED) is 0.775. The van der Waals surface area contributed by atoms with E-state index in [2.05, 4.69) is 49.3 Å². The number of nitrogens with two attached hydrogens (primary N) is 1. The molecule has 1 amide bonds. The number of carbonyl (C=O) groups is 1. The Balaban J connectivity index is 2.19. The molecule has 21 heavy (non-hydrogen) atoms. The molecule has 0 heterocycles. The van der Waals surface area contributed by atoms with Gasteiger partial charge >= 0.3 is 0 Å². The highest BCUT2D eigenvalue weighted by molar-refractivity contribution is 9.11. The van der Waals surface area contributed by atoms with Crippen molar-refractivity contribution in [2.45, 2.75) is 20.4 Å². The molecule has 2 rings (SSSR count). The maximum atomic E-state index is 11.2. The van der Waals surface area contributed by atoms with Crippen molar-refractivity contribution in [1.29, 1.82) is 0 Å². The van der Waals surface area contributed by atoms with Gasteiger partial charge in [-0.25, -0.2) is 0 Å². The zero-order chi connectivity index (χ0) is 15.6. The second-order valence-electron chi connectivity index (χ2n) is 4.96. The summed E-state index contributed by atoms with van der Waals surface area (Å²) in [6.07, 6.45) is 0. The summed E-state index contributed by atoms with van der Waals surface area (Å²) in [5.74, 6) is -0.401. The van der Waals surface area contributed by atoms with Crippen LogP contribution in [0.3, 0.4) is 0 Å². The molecule has 5 heteroatoms. The average molecular weight is 412 g/mol. The van der Waals surface area contributed by atoms with Crippen molar-refractivity contribution in [2.24, 2.45) is 5.73 Å². The molecule has 3 nitrogen and oxygen atoms in total. The average Bonchev–Trinajstić information content (AvgIpc) is 2.38. The maximum absolute atomic E-state index is 11.2. The number of anilines is 1. The van der Waals surface area contributed by atoms with E-state index in [1.165, 1.54) is 5.56 Å². The first-order valence-electron chi connectivity index (χ1n) is 6.47. The van der Waals surface area contributed by atoms with Gasteiger partial charge in [0.05, 0.1) is 5.69 Å². The second-order valence-corrected chi connectivity index (χ2v) is 6.67. The third kappa shape index (κ3) is 3.86. The van der Waals surface area contributed by atoms with Crippen LogP contribution in [-0.4, -0.2) is 5.91 Å². The lowest BCUT2D eigenvalue weighted by Gasteiger charge is -2.13. The molecule has 3 N–H and O–H groups in total.